The largest absolute Gasteiger partial charge is 0.489 e. The van der Waals surface area contributed by atoms with Gasteiger partial charge in [-0.3, -0.25) is 0 Å². The Kier molecular flexibility index (Phi) is 11.8. The standard InChI is InChI=1S/C19H31NO7/c20-18-3-1-2-4-19(18)27-16-17-15-25-12-11-23-8-7-21-5-6-22-9-10-24-13-14-26-17/h1-4,17H,5-16,20H2. The summed E-state index contributed by atoms with van der Waals surface area (Å²) in [6.07, 6.45) is -0.230. The number of nitrogens with two attached hydrogens (primary N) is 1. The molecule has 27 heavy (non-hydrogen) atoms. The summed E-state index contributed by atoms with van der Waals surface area (Å²) >= 11 is 0. The van der Waals surface area contributed by atoms with Crippen LogP contribution < -0.4 is 10.5 Å². The van der Waals surface area contributed by atoms with Crippen LogP contribution in [0.25, 0.3) is 0 Å². The van der Waals surface area contributed by atoms with Gasteiger partial charge in [0.2, 0.25) is 0 Å². The van der Waals surface area contributed by atoms with Crippen molar-refractivity contribution in [1.29, 1.82) is 0 Å². The lowest BCUT2D eigenvalue weighted by molar-refractivity contribution is -0.0710. The molecule has 1 atom stereocenters. The number of ether oxygens (including phenoxy) is 7. The fourth-order valence-corrected chi connectivity index (χ4v) is 2.31. The Labute approximate surface area is 160 Å². The molecule has 0 radical (unpaired) electrons. The van der Waals surface area contributed by atoms with Crippen LogP contribution in [0.3, 0.4) is 0 Å². The summed E-state index contributed by atoms with van der Waals surface area (Å²) in [4.78, 5) is 0. The first-order chi connectivity index (χ1) is 13.4. The summed E-state index contributed by atoms with van der Waals surface area (Å²) in [5.41, 5.74) is 6.50. The first kappa shape index (κ1) is 21.9. The van der Waals surface area contributed by atoms with Crippen molar-refractivity contribution < 1.29 is 33.2 Å². The van der Waals surface area contributed by atoms with Gasteiger partial charge in [0, 0.05) is 0 Å². The van der Waals surface area contributed by atoms with Gasteiger partial charge in [-0.1, -0.05) is 12.1 Å². The fraction of sp³-hybridized carbons (Fsp3) is 0.684. The van der Waals surface area contributed by atoms with Gasteiger partial charge in [0.25, 0.3) is 0 Å². The van der Waals surface area contributed by atoms with Gasteiger partial charge >= 0.3 is 0 Å². The van der Waals surface area contributed by atoms with Crippen LogP contribution in [0.4, 0.5) is 5.69 Å². The second-order valence-electron chi connectivity index (χ2n) is 5.87. The van der Waals surface area contributed by atoms with Gasteiger partial charge < -0.3 is 38.9 Å². The van der Waals surface area contributed by atoms with E-state index in [1.54, 1.807) is 6.07 Å². The van der Waals surface area contributed by atoms with Crippen molar-refractivity contribution in [2.45, 2.75) is 6.10 Å². The molecule has 1 heterocycles. The summed E-state index contributed by atoms with van der Waals surface area (Å²) in [7, 11) is 0. The van der Waals surface area contributed by atoms with E-state index in [1.807, 2.05) is 18.2 Å². The molecule has 2 N–H and O–H groups in total. The van der Waals surface area contributed by atoms with Gasteiger partial charge in [-0.2, -0.15) is 0 Å². The molecule has 2 rings (SSSR count). The average Bonchev–Trinajstić information content (AvgIpc) is 2.68. The Balaban J connectivity index is 1.74. The molecule has 8 heteroatoms. The first-order valence-electron chi connectivity index (χ1n) is 9.34. The molecule has 0 aliphatic carbocycles. The number of para-hydroxylation sites is 2. The smallest absolute Gasteiger partial charge is 0.142 e. The van der Waals surface area contributed by atoms with Crippen LogP contribution in [0.2, 0.25) is 0 Å². The Hall–Kier alpha value is -1.42. The van der Waals surface area contributed by atoms with Gasteiger partial charge in [-0.05, 0) is 12.1 Å². The van der Waals surface area contributed by atoms with Crippen molar-refractivity contribution in [2.75, 3.05) is 85.0 Å². The Morgan fingerprint density at radius 2 is 1.26 bits per heavy atom. The van der Waals surface area contributed by atoms with Crippen molar-refractivity contribution >= 4 is 5.69 Å². The highest BCUT2D eigenvalue weighted by Crippen LogP contribution is 2.20. The fourth-order valence-electron chi connectivity index (χ4n) is 2.31. The topological polar surface area (TPSA) is 90.6 Å². The van der Waals surface area contributed by atoms with Gasteiger partial charge in [-0.15, -0.1) is 0 Å². The van der Waals surface area contributed by atoms with Crippen LogP contribution in [0.15, 0.2) is 24.3 Å². The highest BCUT2D eigenvalue weighted by Gasteiger charge is 2.12. The highest BCUT2D eigenvalue weighted by molar-refractivity contribution is 5.51. The summed E-state index contributed by atoms with van der Waals surface area (Å²) < 4.78 is 39.0. The van der Waals surface area contributed by atoms with E-state index in [-0.39, 0.29) is 6.10 Å². The quantitative estimate of drug-likeness (QED) is 0.775. The van der Waals surface area contributed by atoms with Crippen LogP contribution >= 0.6 is 0 Å². The third-order valence-corrected chi connectivity index (χ3v) is 3.72. The van der Waals surface area contributed by atoms with E-state index in [4.69, 9.17) is 38.9 Å². The number of hydrogen-bond acceptors (Lipinski definition) is 8. The molecule has 1 aromatic rings. The summed E-state index contributed by atoms with van der Waals surface area (Å²) in [6.45, 7) is 5.86. The molecule has 0 spiro atoms. The SMILES string of the molecule is Nc1ccccc1OCC1COCCOCCOCCOCCOCCO1. The molecule has 1 aromatic carbocycles. The zero-order valence-corrected chi connectivity index (χ0v) is 15.8. The maximum absolute atomic E-state index is 5.90. The molecule has 1 aliphatic heterocycles. The number of nitrogen functional groups attached to an aromatic ring is 1. The highest BCUT2D eigenvalue weighted by atomic mass is 16.6. The van der Waals surface area contributed by atoms with Crippen LogP contribution in [-0.4, -0.2) is 85.4 Å². The normalized spacial score (nSPS) is 22.4. The maximum Gasteiger partial charge on any atom is 0.142 e. The average molecular weight is 385 g/mol. The van der Waals surface area contributed by atoms with E-state index in [2.05, 4.69) is 0 Å². The zero-order valence-electron chi connectivity index (χ0n) is 15.8. The van der Waals surface area contributed by atoms with E-state index < -0.39 is 0 Å². The van der Waals surface area contributed by atoms with Crippen LogP contribution in [0.5, 0.6) is 5.75 Å². The van der Waals surface area contributed by atoms with E-state index in [1.165, 1.54) is 0 Å². The summed E-state index contributed by atoms with van der Waals surface area (Å²) in [5, 5.41) is 0. The van der Waals surface area contributed by atoms with Crippen molar-refractivity contribution in [3.8, 4) is 5.75 Å². The van der Waals surface area contributed by atoms with Crippen LogP contribution in [0, 0.1) is 0 Å². The molecule has 1 saturated heterocycles. The van der Waals surface area contributed by atoms with E-state index in [0.717, 1.165) is 0 Å². The van der Waals surface area contributed by atoms with Gasteiger partial charge in [0.15, 0.2) is 0 Å². The predicted octanol–water partition coefficient (Wildman–Crippen LogP) is 1.13. The van der Waals surface area contributed by atoms with E-state index in [9.17, 15) is 0 Å². The van der Waals surface area contributed by atoms with Crippen LogP contribution in [-0.2, 0) is 28.4 Å². The molecule has 0 bridgehead atoms. The van der Waals surface area contributed by atoms with Gasteiger partial charge in [-0.25, -0.2) is 0 Å². The molecular weight excluding hydrogens is 354 g/mol. The number of anilines is 1. The second-order valence-corrected chi connectivity index (χ2v) is 5.87. The molecule has 1 unspecified atom stereocenters. The van der Waals surface area contributed by atoms with Gasteiger partial charge in [0.1, 0.15) is 18.5 Å². The molecule has 0 amide bonds. The van der Waals surface area contributed by atoms with Crippen molar-refractivity contribution in [3.05, 3.63) is 24.3 Å². The van der Waals surface area contributed by atoms with E-state index in [0.29, 0.717) is 90.7 Å². The van der Waals surface area contributed by atoms with E-state index >= 15 is 0 Å². The minimum atomic E-state index is -0.230. The summed E-state index contributed by atoms with van der Waals surface area (Å²) in [6, 6.07) is 7.37. The summed E-state index contributed by atoms with van der Waals surface area (Å²) in [5.74, 6) is 0.636. The lowest BCUT2D eigenvalue weighted by Crippen LogP contribution is -2.29. The molecule has 1 fully saturated rings. The Morgan fingerprint density at radius 3 is 1.85 bits per heavy atom. The third-order valence-electron chi connectivity index (χ3n) is 3.72. The molecule has 0 saturated carbocycles. The maximum atomic E-state index is 5.90. The van der Waals surface area contributed by atoms with Crippen molar-refractivity contribution in [3.63, 3.8) is 0 Å². The zero-order chi connectivity index (χ0) is 19.0. The number of hydrogen-bond donors (Lipinski definition) is 1. The third kappa shape index (κ3) is 10.5. The van der Waals surface area contributed by atoms with Crippen molar-refractivity contribution in [1.82, 2.24) is 0 Å². The molecular formula is C19H31NO7. The number of benzene rings is 1. The Morgan fingerprint density at radius 1 is 0.741 bits per heavy atom. The predicted molar refractivity (Wildman–Crippen MR) is 100 cm³/mol. The molecule has 154 valence electrons. The molecule has 1 aliphatic rings. The first-order valence-corrected chi connectivity index (χ1v) is 9.34. The Bertz CT molecular complexity index is 471. The second kappa shape index (κ2) is 14.6. The lowest BCUT2D eigenvalue weighted by Gasteiger charge is -2.19. The minimum Gasteiger partial charge on any atom is -0.489 e. The molecule has 0 aromatic heterocycles. The van der Waals surface area contributed by atoms with Gasteiger partial charge in [0.05, 0.1) is 78.4 Å². The lowest BCUT2D eigenvalue weighted by atomic mass is 10.3. The minimum absolute atomic E-state index is 0.230. The van der Waals surface area contributed by atoms with Crippen molar-refractivity contribution in [2.24, 2.45) is 0 Å². The molecule has 8 nitrogen and oxygen atoms in total. The van der Waals surface area contributed by atoms with Crippen LogP contribution in [0.1, 0.15) is 0 Å². The monoisotopic (exact) mass is 385 g/mol. The number of rotatable bonds is 3.